The van der Waals surface area contributed by atoms with Crippen molar-refractivity contribution in [2.75, 3.05) is 20.6 Å². The highest BCUT2D eigenvalue weighted by Gasteiger charge is 1.93. The Morgan fingerprint density at radius 3 is 1.50 bits per heavy atom. The summed E-state index contributed by atoms with van der Waals surface area (Å²) in [5.41, 5.74) is 0. The largest absolute Gasteiger partial charge is 0.309 e. The number of hydrogen-bond acceptors (Lipinski definition) is 2. The van der Waals surface area contributed by atoms with Gasteiger partial charge in [-0.15, -0.1) is 0 Å². The lowest BCUT2D eigenvalue weighted by Crippen LogP contribution is -2.12. The Morgan fingerprint density at radius 2 is 1.17 bits per heavy atom. The fourth-order valence-corrected chi connectivity index (χ4v) is 1.92. The molecule has 18 heavy (non-hydrogen) atoms. The lowest BCUT2D eigenvalue weighted by molar-refractivity contribution is 0.389. The van der Waals surface area contributed by atoms with E-state index in [1.165, 1.54) is 78.6 Å². The summed E-state index contributed by atoms with van der Waals surface area (Å²) in [6.45, 7) is 3.54. The lowest BCUT2D eigenvalue weighted by atomic mass is 10.1. The Kier molecular flexibility index (Phi) is 20.8. The summed E-state index contributed by atoms with van der Waals surface area (Å²) in [5.74, 6) is 1.75. The second-order valence-electron chi connectivity index (χ2n) is 5.21. The van der Waals surface area contributed by atoms with Crippen molar-refractivity contribution in [2.45, 2.75) is 71.1 Å². The molecule has 0 rings (SSSR count). The molecule has 0 unspecified atom stereocenters. The van der Waals surface area contributed by atoms with Crippen LogP contribution in [0, 0.1) is 11.2 Å². The Morgan fingerprint density at radius 1 is 0.833 bits per heavy atom. The van der Waals surface area contributed by atoms with E-state index in [1.54, 1.807) is 5.97 Å². The molecule has 0 N–H and O–H groups in total. The van der Waals surface area contributed by atoms with E-state index in [-0.39, 0.29) is 0 Å². The van der Waals surface area contributed by atoms with Gasteiger partial charge in [0.15, 0.2) is 0 Å². The van der Waals surface area contributed by atoms with Gasteiger partial charge in [-0.05, 0) is 33.0 Å². The normalized spacial score (nSPS) is 9.72. The molecule has 0 aliphatic heterocycles. The molecular formula is C15H33BN2. The SMILES string of the molecule is BC#N.CCCCCCCCCCCCN(C)C. The Balaban J connectivity index is 0. The third-order valence-electron chi connectivity index (χ3n) is 2.96. The molecule has 106 valence electrons. The van der Waals surface area contributed by atoms with Crippen LogP contribution in [-0.2, 0) is 0 Å². The molecular weight excluding hydrogens is 219 g/mol. The fourth-order valence-electron chi connectivity index (χ4n) is 1.92. The first-order valence-corrected chi connectivity index (χ1v) is 7.64. The topological polar surface area (TPSA) is 27.0 Å². The van der Waals surface area contributed by atoms with E-state index in [9.17, 15) is 0 Å². The first-order valence-electron chi connectivity index (χ1n) is 7.64. The lowest BCUT2D eigenvalue weighted by Gasteiger charge is -2.08. The summed E-state index contributed by atoms with van der Waals surface area (Å²) in [5, 5.41) is 7.32. The van der Waals surface area contributed by atoms with Gasteiger partial charge in [-0.25, -0.2) is 5.26 Å². The van der Waals surface area contributed by atoms with Crippen molar-refractivity contribution in [1.82, 2.24) is 4.90 Å². The van der Waals surface area contributed by atoms with Crippen molar-refractivity contribution in [3.63, 3.8) is 0 Å². The standard InChI is InChI=1S/C14H31N.CH2BN/c1-4-5-6-7-8-9-10-11-12-13-14-15(2)3;2-1-3/h4-14H2,1-3H3;2H2. The zero-order valence-electron chi connectivity index (χ0n) is 13.2. The smallest absolute Gasteiger partial charge is 0.232 e. The Hall–Kier alpha value is -0.485. The van der Waals surface area contributed by atoms with Crippen molar-refractivity contribution in [3.05, 3.63) is 0 Å². The molecule has 0 amide bonds. The molecule has 0 radical (unpaired) electrons. The third kappa shape index (κ3) is 24.7. The first-order chi connectivity index (χ1) is 8.68. The van der Waals surface area contributed by atoms with Crippen molar-refractivity contribution >= 4 is 7.85 Å². The maximum absolute atomic E-state index is 7.32. The third-order valence-corrected chi connectivity index (χ3v) is 2.96. The van der Waals surface area contributed by atoms with Gasteiger partial charge in [0, 0.05) is 0 Å². The Bertz CT molecular complexity index is 176. The van der Waals surface area contributed by atoms with Gasteiger partial charge < -0.3 is 4.90 Å². The van der Waals surface area contributed by atoms with Crippen molar-refractivity contribution in [2.24, 2.45) is 0 Å². The Labute approximate surface area is 116 Å². The van der Waals surface area contributed by atoms with Crippen LogP contribution in [0.25, 0.3) is 0 Å². The van der Waals surface area contributed by atoms with Gasteiger partial charge in [-0.1, -0.05) is 64.7 Å². The minimum atomic E-state index is 1.26. The average Bonchev–Trinajstić information content (AvgIpc) is 2.32. The van der Waals surface area contributed by atoms with Gasteiger partial charge in [0.2, 0.25) is 7.85 Å². The van der Waals surface area contributed by atoms with Crippen molar-refractivity contribution < 1.29 is 0 Å². The van der Waals surface area contributed by atoms with Gasteiger partial charge in [0.05, 0.1) is 0 Å². The van der Waals surface area contributed by atoms with Gasteiger partial charge in [0.1, 0.15) is 0 Å². The first kappa shape index (κ1) is 19.8. The summed E-state index contributed by atoms with van der Waals surface area (Å²) in [4.78, 5) is 2.28. The number of unbranched alkanes of at least 4 members (excludes halogenated alkanes) is 9. The summed E-state index contributed by atoms with van der Waals surface area (Å²) in [7, 11) is 5.75. The summed E-state index contributed by atoms with van der Waals surface area (Å²) >= 11 is 0. The van der Waals surface area contributed by atoms with Crippen LogP contribution in [0.15, 0.2) is 0 Å². The summed E-state index contributed by atoms with van der Waals surface area (Å²) in [6, 6.07) is 0. The van der Waals surface area contributed by atoms with Gasteiger partial charge >= 0.3 is 0 Å². The van der Waals surface area contributed by atoms with E-state index in [0.717, 1.165) is 0 Å². The highest BCUT2D eigenvalue weighted by Crippen LogP contribution is 2.10. The van der Waals surface area contributed by atoms with Gasteiger partial charge in [-0.3, -0.25) is 0 Å². The molecule has 3 heteroatoms. The van der Waals surface area contributed by atoms with Crippen LogP contribution in [0.3, 0.4) is 0 Å². The zero-order valence-corrected chi connectivity index (χ0v) is 13.2. The zero-order chi connectivity index (χ0) is 14.1. The van der Waals surface area contributed by atoms with E-state index in [4.69, 9.17) is 5.26 Å². The molecule has 0 spiro atoms. The second-order valence-corrected chi connectivity index (χ2v) is 5.21. The second kappa shape index (κ2) is 18.9. The number of rotatable bonds is 11. The van der Waals surface area contributed by atoms with Crippen molar-refractivity contribution in [3.8, 4) is 5.97 Å². The van der Waals surface area contributed by atoms with Crippen LogP contribution >= 0.6 is 0 Å². The quantitative estimate of drug-likeness (QED) is 0.415. The predicted octanol–water partition coefficient (Wildman–Crippen LogP) is 3.57. The fraction of sp³-hybridized carbons (Fsp3) is 0.933. The average molecular weight is 252 g/mol. The van der Waals surface area contributed by atoms with Crippen LogP contribution in [0.2, 0.25) is 0 Å². The predicted molar refractivity (Wildman–Crippen MR) is 84.6 cm³/mol. The number of nitriles is 1. The molecule has 0 bridgehead atoms. The van der Waals surface area contributed by atoms with E-state index >= 15 is 0 Å². The maximum Gasteiger partial charge on any atom is 0.232 e. The molecule has 2 nitrogen and oxygen atoms in total. The molecule has 0 atom stereocenters. The molecule has 0 aromatic heterocycles. The number of nitrogens with zero attached hydrogens (tertiary/aromatic N) is 2. The van der Waals surface area contributed by atoms with E-state index in [2.05, 4.69) is 25.9 Å². The van der Waals surface area contributed by atoms with Crippen LogP contribution in [0.4, 0.5) is 0 Å². The molecule has 0 saturated heterocycles. The summed E-state index contributed by atoms with van der Waals surface area (Å²) < 4.78 is 0. The van der Waals surface area contributed by atoms with E-state index in [1.807, 2.05) is 0 Å². The highest BCUT2D eigenvalue weighted by molar-refractivity contribution is 6.20. The minimum absolute atomic E-state index is 1.26. The summed E-state index contributed by atoms with van der Waals surface area (Å²) in [6.07, 6.45) is 14.4. The van der Waals surface area contributed by atoms with Crippen LogP contribution in [-0.4, -0.2) is 33.4 Å². The van der Waals surface area contributed by atoms with Crippen LogP contribution < -0.4 is 0 Å². The molecule has 0 aliphatic rings. The molecule has 0 aliphatic carbocycles. The van der Waals surface area contributed by atoms with Gasteiger partial charge in [-0.2, -0.15) is 0 Å². The molecule has 0 aromatic rings. The van der Waals surface area contributed by atoms with Crippen LogP contribution in [0.5, 0.6) is 0 Å². The van der Waals surface area contributed by atoms with E-state index < -0.39 is 0 Å². The van der Waals surface area contributed by atoms with Gasteiger partial charge in [0.25, 0.3) is 0 Å². The van der Waals surface area contributed by atoms with E-state index in [0.29, 0.717) is 0 Å². The minimum Gasteiger partial charge on any atom is -0.309 e. The molecule has 0 saturated carbocycles. The monoisotopic (exact) mass is 252 g/mol. The number of hydrogen-bond donors (Lipinski definition) is 0. The highest BCUT2D eigenvalue weighted by atomic mass is 15.0. The maximum atomic E-state index is 7.32. The molecule has 0 heterocycles. The molecule has 0 fully saturated rings. The molecule has 0 aromatic carbocycles. The van der Waals surface area contributed by atoms with Crippen molar-refractivity contribution in [1.29, 1.82) is 5.26 Å². The van der Waals surface area contributed by atoms with Crippen LogP contribution in [0.1, 0.15) is 71.1 Å².